The van der Waals surface area contributed by atoms with Gasteiger partial charge in [0, 0.05) is 19.1 Å². The Hall–Kier alpha value is -0.770. The van der Waals surface area contributed by atoms with E-state index in [9.17, 15) is 4.79 Å². The highest BCUT2D eigenvalue weighted by Gasteiger charge is 2.16. The molecular formula is C13H28N2O2. The third-order valence-corrected chi connectivity index (χ3v) is 2.59. The average Bonchev–Trinajstić information content (AvgIpc) is 2.14. The molecule has 0 aliphatic heterocycles. The van der Waals surface area contributed by atoms with Gasteiger partial charge in [-0.05, 0) is 41.2 Å². The van der Waals surface area contributed by atoms with Gasteiger partial charge in [0.25, 0.3) is 0 Å². The molecule has 1 amide bonds. The van der Waals surface area contributed by atoms with Gasteiger partial charge < -0.3 is 15.0 Å². The van der Waals surface area contributed by atoms with E-state index in [0.717, 1.165) is 6.54 Å². The van der Waals surface area contributed by atoms with Crippen molar-refractivity contribution in [3.8, 4) is 0 Å². The molecule has 0 saturated heterocycles. The highest BCUT2D eigenvalue weighted by atomic mass is 16.6. The van der Waals surface area contributed by atoms with Gasteiger partial charge in [-0.1, -0.05) is 13.3 Å². The summed E-state index contributed by atoms with van der Waals surface area (Å²) in [6.45, 7) is 11.5. The van der Waals surface area contributed by atoms with Crippen molar-refractivity contribution in [2.45, 2.75) is 59.1 Å². The van der Waals surface area contributed by atoms with Gasteiger partial charge in [0.2, 0.25) is 0 Å². The molecule has 1 atom stereocenters. The number of nitrogens with one attached hydrogen (secondary N) is 1. The molecule has 0 aromatic rings. The number of alkyl carbamates (subject to hydrolysis) is 1. The second-order valence-electron chi connectivity index (χ2n) is 5.55. The van der Waals surface area contributed by atoms with E-state index < -0.39 is 5.60 Å². The zero-order chi connectivity index (χ0) is 13.5. The first kappa shape index (κ1) is 16.2. The molecule has 0 radical (unpaired) electrons. The Morgan fingerprint density at radius 3 is 2.47 bits per heavy atom. The van der Waals surface area contributed by atoms with E-state index >= 15 is 0 Å². The Morgan fingerprint density at radius 2 is 2.00 bits per heavy atom. The third kappa shape index (κ3) is 8.98. The molecule has 0 aliphatic rings. The van der Waals surface area contributed by atoms with Crippen LogP contribution in [0, 0.1) is 0 Å². The van der Waals surface area contributed by atoms with Crippen molar-refractivity contribution in [2.24, 2.45) is 0 Å². The lowest BCUT2D eigenvalue weighted by atomic mass is 10.2. The van der Waals surface area contributed by atoms with Crippen molar-refractivity contribution in [3.63, 3.8) is 0 Å². The summed E-state index contributed by atoms with van der Waals surface area (Å²) in [7, 11) is 2.08. The van der Waals surface area contributed by atoms with Gasteiger partial charge in [0.1, 0.15) is 5.60 Å². The van der Waals surface area contributed by atoms with Crippen molar-refractivity contribution < 1.29 is 9.53 Å². The van der Waals surface area contributed by atoms with E-state index in [1.54, 1.807) is 0 Å². The molecule has 0 heterocycles. The van der Waals surface area contributed by atoms with Crippen molar-refractivity contribution in [3.05, 3.63) is 0 Å². The summed E-state index contributed by atoms with van der Waals surface area (Å²) in [5.41, 5.74) is -0.425. The molecule has 0 aliphatic carbocycles. The maximum Gasteiger partial charge on any atom is 0.407 e. The average molecular weight is 244 g/mol. The number of rotatable bonds is 6. The standard InChI is InChI=1S/C13H28N2O2/c1-7-8-11(2)15(6)10-9-14-12(16)17-13(3,4)5/h11H,7-10H2,1-6H3,(H,14,16)/t11-/m1/s1. The number of hydrogen-bond acceptors (Lipinski definition) is 3. The zero-order valence-electron chi connectivity index (χ0n) is 12.2. The summed E-state index contributed by atoms with van der Waals surface area (Å²) >= 11 is 0. The van der Waals surface area contributed by atoms with Gasteiger partial charge >= 0.3 is 6.09 Å². The van der Waals surface area contributed by atoms with Crippen LogP contribution in [0.3, 0.4) is 0 Å². The molecule has 17 heavy (non-hydrogen) atoms. The van der Waals surface area contributed by atoms with Gasteiger partial charge in [-0.3, -0.25) is 0 Å². The molecule has 0 aromatic carbocycles. The number of amides is 1. The van der Waals surface area contributed by atoms with E-state index in [1.807, 2.05) is 20.8 Å². The Balaban J connectivity index is 3.73. The van der Waals surface area contributed by atoms with Crippen molar-refractivity contribution in [1.29, 1.82) is 0 Å². The van der Waals surface area contributed by atoms with Crippen LogP contribution in [-0.4, -0.2) is 42.8 Å². The van der Waals surface area contributed by atoms with Gasteiger partial charge in [-0.2, -0.15) is 0 Å². The van der Waals surface area contributed by atoms with Crippen LogP contribution in [0.5, 0.6) is 0 Å². The Labute approximate surface area is 106 Å². The first-order valence-corrected chi connectivity index (χ1v) is 6.43. The van der Waals surface area contributed by atoms with E-state index in [0.29, 0.717) is 12.6 Å². The van der Waals surface area contributed by atoms with Crippen LogP contribution in [0.1, 0.15) is 47.5 Å². The van der Waals surface area contributed by atoms with Gasteiger partial charge in [0.05, 0.1) is 0 Å². The predicted molar refractivity (Wildman–Crippen MR) is 71.2 cm³/mol. The lowest BCUT2D eigenvalue weighted by molar-refractivity contribution is 0.0521. The largest absolute Gasteiger partial charge is 0.444 e. The first-order valence-electron chi connectivity index (χ1n) is 6.43. The zero-order valence-corrected chi connectivity index (χ0v) is 12.2. The number of hydrogen-bond donors (Lipinski definition) is 1. The van der Waals surface area contributed by atoms with Crippen LogP contribution >= 0.6 is 0 Å². The molecule has 102 valence electrons. The van der Waals surface area contributed by atoms with Gasteiger partial charge in [-0.15, -0.1) is 0 Å². The molecule has 0 saturated carbocycles. The molecule has 1 N–H and O–H groups in total. The van der Waals surface area contributed by atoms with Crippen LogP contribution in [0.2, 0.25) is 0 Å². The summed E-state index contributed by atoms with van der Waals surface area (Å²) < 4.78 is 5.16. The minimum absolute atomic E-state index is 0.339. The van der Waals surface area contributed by atoms with E-state index in [-0.39, 0.29) is 6.09 Å². The second kappa shape index (κ2) is 7.54. The fourth-order valence-electron chi connectivity index (χ4n) is 1.51. The van der Waals surface area contributed by atoms with Crippen LogP contribution in [0.15, 0.2) is 0 Å². The second-order valence-corrected chi connectivity index (χ2v) is 5.55. The van der Waals surface area contributed by atoms with Crippen LogP contribution in [-0.2, 0) is 4.74 Å². The Morgan fingerprint density at radius 1 is 1.41 bits per heavy atom. The number of likely N-dealkylation sites (N-methyl/N-ethyl adjacent to an activating group) is 1. The summed E-state index contributed by atoms with van der Waals surface area (Å²) in [6, 6.07) is 0.556. The lowest BCUT2D eigenvalue weighted by Crippen LogP contribution is -2.39. The van der Waals surface area contributed by atoms with E-state index in [4.69, 9.17) is 4.74 Å². The fraction of sp³-hybridized carbons (Fsp3) is 0.923. The number of carbonyl (C=O) groups is 1. The van der Waals surface area contributed by atoms with Crippen molar-refractivity contribution >= 4 is 6.09 Å². The third-order valence-electron chi connectivity index (χ3n) is 2.59. The predicted octanol–water partition coefficient (Wildman–Crippen LogP) is 2.63. The van der Waals surface area contributed by atoms with Crippen LogP contribution in [0.25, 0.3) is 0 Å². The smallest absolute Gasteiger partial charge is 0.407 e. The lowest BCUT2D eigenvalue weighted by Gasteiger charge is -2.25. The topological polar surface area (TPSA) is 41.6 Å². The quantitative estimate of drug-likeness (QED) is 0.781. The number of carbonyl (C=O) groups excluding carboxylic acids is 1. The molecule has 0 fully saturated rings. The minimum Gasteiger partial charge on any atom is -0.444 e. The van der Waals surface area contributed by atoms with Crippen LogP contribution < -0.4 is 5.32 Å². The summed E-state index contributed by atoms with van der Waals surface area (Å²) in [4.78, 5) is 13.6. The van der Waals surface area contributed by atoms with E-state index in [1.165, 1.54) is 12.8 Å². The normalized spacial score (nSPS) is 13.6. The summed E-state index contributed by atoms with van der Waals surface area (Å²) in [5, 5.41) is 2.76. The summed E-state index contributed by atoms with van der Waals surface area (Å²) in [5.74, 6) is 0. The number of ether oxygens (including phenoxy) is 1. The highest BCUT2D eigenvalue weighted by molar-refractivity contribution is 5.67. The summed E-state index contributed by atoms with van der Waals surface area (Å²) in [6.07, 6.45) is 2.03. The Bertz CT molecular complexity index is 224. The fourth-order valence-corrected chi connectivity index (χ4v) is 1.51. The first-order chi connectivity index (χ1) is 7.76. The maximum atomic E-state index is 11.4. The molecule has 4 heteroatoms. The molecule has 0 bridgehead atoms. The molecule has 4 nitrogen and oxygen atoms in total. The van der Waals surface area contributed by atoms with Crippen molar-refractivity contribution in [2.75, 3.05) is 20.1 Å². The Kier molecular flexibility index (Phi) is 7.19. The van der Waals surface area contributed by atoms with Crippen molar-refractivity contribution in [1.82, 2.24) is 10.2 Å². The molecule has 0 rings (SSSR count). The van der Waals surface area contributed by atoms with Crippen LogP contribution in [0.4, 0.5) is 4.79 Å². The highest BCUT2D eigenvalue weighted by Crippen LogP contribution is 2.06. The van der Waals surface area contributed by atoms with Gasteiger partial charge in [-0.25, -0.2) is 4.79 Å². The molecule has 0 aromatic heterocycles. The molecule has 0 spiro atoms. The van der Waals surface area contributed by atoms with Gasteiger partial charge in [0.15, 0.2) is 0 Å². The minimum atomic E-state index is -0.425. The maximum absolute atomic E-state index is 11.4. The van der Waals surface area contributed by atoms with E-state index in [2.05, 4.69) is 31.1 Å². The molecule has 0 unspecified atom stereocenters. The SMILES string of the molecule is CCC[C@@H](C)N(C)CCNC(=O)OC(C)(C)C. The molecular weight excluding hydrogens is 216 g/mol. The number of nitrogens with zero attached hydrogens (tertiary/aromatic N) is 1. The monoisotopic (exact) mass is 244 g/mol.